The number of anilines is 1. The number of piperidine rings is 1. The number of hydrogen-bond donors (Lipinski definition) is 4. The van der Waals surface area contributed by atoms with Gasteiger partial charge in [-0.05, 0) is 55.8 Å². The average molecular weight is 659 g/mol. The number of hydrogen-bond acceptors (Lipinski definition) is 8. The maximum Gasteiger partial charge on any atom is 0.268 e. The third kappa shape index (κ3) is 5.28. The molecule has 246 valence electrons. The average Bonchev–Trinajstić information content (AvgIpc) is 3.68. The quantitative estimate of drug-likeness (QED) is 0.235. The highest BCUT2D eigenvalue weighted by Crippen LogP contribution is 2.41. The standard InChI is InChI=1S/C19H24N6O2.C14H15ClN4O/c26-15-5-4-13(10-20-15)23-18-21-9-12-8-14-17(27)22-11-19(6-2-1-3-7-19)25(14)16(12)24-18;15-13-16-7-9-6-10-12(20)17-8-14(4-2-1-3-5-14)19(10)11(9)18-13/h8-9,13H,1-7,10-11H2,(H,20,26)(H,22,27)(H,21,23,24);6-7H,1-5,8H2,(H,17,20)/t13-;/m0./s1. The van der Waals surface area contributed by atoms with Crippen LogP contribution in [0.25, 0.3) is 22.1 Å². The lowest BCUT2D eigenvalue weighted by atomic mass is 9.80. The number of fused-ring (bicyclic) bond motifs is 8. The molecule has 0 bridgehead atoms. The van der Waals surface area contributed by atoms with E-state index in [2.05, 4.69) is 45.4 Å². The van der Waals surface area contributed by atoms with E-state index < -0.39 is 0 Å². The van der Waals surface area contributed by atoms with Crippen LogP contribution in [0.2, 0.25) is 5.28 Å². The van der Waals surface area contributed by atoms with Crippen LogP contribution in [-0.2, 0) is 15.9 Å². The van der Waals surface area contributed by atoms with E-state index in [4.69, 9.17) is 16.6 Å². The molecule has 47 heavy (non-hydrogen) atoms. The van der Waals surface area contributed by atoms with E-state index in [1.807, 2.05) is 12.1 Å². The third-order valence-corrected chi connectivity index (χ3v) is 11.0. The van der Waals surface area contributed by atoms with Crippen molar-refractivity contribution in [3.63, 3.8) is 0 Å². The molecule has 2 saturated carbocycles. The van der Waals surface area contributed by atoms with E-state index in [1.54, 1.807) is 12.4 Å². The number of aromatic nitrogens is 6. The molecule has 13 nitrogen and oxygen atoms in total. The Morgan fingerprint density at radius 3 is 1.85 bits per heavy atom. The van der Waals surface area contributed by atoms with Crippen LogP contribution in [0, 0.1) is 0 Å². The van der Waals surface area contributed by atoms with Gasteiger partial charge in [0.2, 0.25) is 17.1 Å². The summed E-state index contributed by atoms with van der Waals surface area (Å²) < 4.78 is 4.30. The van der Waals surface area contributed by atoms with Gasteiger partial charge in [0, 0.05) is 55.3 Å². The molecule has 7 heterocycles. The van der Waals surface area contributed by atoms with Crippen LogP contribution in [0.3, 0.4) is 0 Å². The SMILES string of the molecule is O=C1CC[C@H](Nc2ncc3cc4n(c3n2)C2(CCCCC2)CNC4=O)CN1.O=C1NCC2(CCCCC2)n2c1cc1cnc(Cl)nc12. The summed E-state index contributed by atoms with van der Waals surface area (Å²) in [6, 6.07) is 3.91. The largest absolute Gasteiger partial charge is 0.354 e. The van der Waals surface area contributed by atoms with Crippen LogP contribution in [0.4, 0.5) is 5.95 Å². The molecule has 4 aromatic rings. The van der Waals surface area contributed by atoms with Gasteiger partial charge in [0.1, 0.15) is 22.7 Å². The molecule has 14 heteroatoms. The molecule has 4 N–H and O–H groups in total. The normalized spacial score (nSPS) is 22.9. The Hall–Kier alpha value is -4.26. The summed E-state index contributed by atoms with van der Waals surface area (Å²) in [6.07, 6.45) is 16.3. The van der Waals surface area contributed by atoms with E-state index in [0.29, 0.717) is 43.4 Å². The fourth-order valence-corrected chi connectivity index (χ4v) is 8.54. The summed E-state index contributed by atoms with van der Waals surface area (Å²) >= 11 is 5.95. The van der Waals surface area contributed by atoms with Gasteiger partial charge in [-0.3, -0.25) is 14.4 Å². The Morgan fingerprint density at radius 1 is 0.745 bits per heavy atom. The molecule has 0 aromatic carbocycles. The van der Waals surface area contributed by atoms with Crippen LogP contribution in [0.1, 0.15) is 98.0 Å². The summed E-state index contributed by atoms with van der Waals surface area (Å²) in [5, 5.41) is 14.3. The van der Waals surface area contributed by atoms with E-state index in [9.17, 15) is 14.4 Å². The third-order valence-electron chi connectivity index (χ3n) is 10.8. The summed E-state index contributed by atoms with van der Waals surface area (Å²) in [5.74, 6) is 0.584. The predicted octanol–water partition coefficient (Wildman–Crippen LogP) is 4.01. The number of halogens is 1. The molecule has 2 spiro atoms. The maximum absolute atomic E-state index is 12.5. The molecular weight excluding hydrogens is 620 g/mol. The first-order valence-corrected chi connectivity index (χ1v) is 17.3. The minimum atomic E-state index is -0.0757. The maximum atomic E-state index is 12.5. The van der Waals surface area contributed by atoms with Crippen molar-refractivity contribution in [2.75, 3.05) is 25.0 Å². The molecule has 4 aromatic heterocycles. The van der Waals surface area contributed by atoms with Crippen LogP contribution >= 0.6 is 11.6 Å². The summed E-state index contributed by atoms with van der Waals surface area (Å²) in [5.41, 5.74) is 2.88. The van der Waals surface area contributed by atoms with Crippen molar-refractivity contribution in [1.82, 2.24) is 45.0 Å². The topological polar surface area (TPSA) is 161 Å². The summed E-state index contributed by atoms with van der Waals surface area (Å²) in [7, 11) is 0. The molecular formula is C33H39ClN10O3. The van der Waals surface area contributed by atoms with Crippen molar-refractivity contribution in [1.29, 1.82) is 0 Å². The van der Waals surface area contributed by atoms with Gasteiger partial charge < -0.3 is 30.4 Å². The zero-order chi connectivity index (χ0) is 32.2. The molecule has 2 aliphatic carbocycles. The van der Waals surface area contributed by atoms with Crippen molar-refractivity contribution in [3.8, 4) is 0 Å². The van der Waals surface area contributed by atoms with Crippen molar-refractivity contribution in [2.45, 2.75) is 94.2 Å². The number of carbonyl (C=O) groups is 3. The molecule has 0 unspecified atom stereocenters. The lowest BCUT2D eigenvalue weighted by molar-refractivity contribution is -0.122. The number of amides is 3. The van der Waals surface area contributed by atoms with Crippen molar-refractivity contribution in [2.24, 2.45) is 0 Å². The van der Waals surface area contributed by atoms with Crippen molar-refractivity contribution in [3.05, 3.63) is 41.2 Å². The fourth-order valence-electron chi connectivity index (χ4n) is 8.41. The molecule has 3 aliphatic heterocycles. The summed E-state index contributed by atoms with van der Waals surface area (Å²) in [4.78, 5) is 53.6. The predicted molar refractivity (Wildman–Crippen MR) is 177 cm³/mol. The number of carbonyl (C=O) groups excluding carboxylic acids is 3. The molecule has 5 aliphatic rings. The van der Waals surface area contributed by atoms with Gasteiger partial charge in [-0.15, -0.1) is 0 Å². The van der Waals surface area contributed by atoms with Gasteiger partial charge >= 0.3 is 0 Å². The molecule has 9 rings (SSSR count). The molecule has 3 amide bonds. The second-order valence-corrected chi connectivity index (χ2v) is 14.1. The lowest BCUT2D eigenvalue weighted by Crippen LogP contribution is -2.52. The Morgan fingerprint density at radius 2 is 1.30 bits per heavy atom. The van der Waals surface area contributed by atoms with Gasteiger partial charge in [-0.2, -0.15) is 9.97 Å². The summed E-state index contributed by atoms with van der Waals surface area (Å²) in [6.45, 7) is 1.94. The van der Waals surface area contributed by atoms with Gasteiger partial charge in [0.15, 0.2) is 0 Å². The van der Waals surface area contributed by atoms with E-state index >= 15 is 0 Å². The van der Waals surface area contributed by atoms with E-state index in [-0.39, 0.29) is 40.1 Å². The van der Waals surface area contributed by atoms with Crippen LogP contribution < -0.4 is 21.3 Å². The molecule has 0 radical (unpaired) electrons. The minimum Gasteiger partial charge on any atom is -0.354 e. The Labute approximate surface area is 276 Å². The second kappa shape index (κ2) is 11.8. The Bertz CT molecular complexity index is 1880. The monoisotopic (exact) mass is 658 g/mol. The highest BCUT2D eigenvalue weighted by atomic mass is 35.5. The number of rotatable bonds is 2. The minimum absolute atomic E-state index is 0.0321. The fraction of sp³-hybridized carbons (Fsp3) is 0.545. The highest BCUT2D eigenvalue weighted by molar-refractivity contribution is 6.28. The van der Waals surface area contributed by atoms with Crippen LogP contribution in [0.15, 0.2) is 24.5 Å². The van der Waals surface area contributed by atoms with E-state index in [0.717, 1.165) is 54.2 Å². The molecule has 1 saturated heterocycles. The van der Waals surface area contributed by atoms with Gasteiger partial charge in [-0.25, -0.2) is 9.97 Å². The molecule has 3 fully saturated rings. The first-order chi connectivity index (χ1) is 22.8. The lowest BCUT2D eigenvalue weighted by Gasteiger charge is -2.42. The van der Waals surface area contributed by atoms with Crippen LogP contribution in [-0.4, -0.2) is 72.5 Å². The van der Waals surface area contributed by atoms with Gasteiger partial charge in [0.25, 0.3) is 11.8 Å². The second-order valence-electron chi connectivity index (χ2n) is 13.7. The van der Waals surface area contributed by atoms with Crippen molar-refractivity contribution >= 4 is 57.3 Å². The zero-order valence-electron chi connectivity index (χ0n) is 26.3. The first-order valence-electron chi connectivity index (χ1n) is 16.9. The van der Waals surface area contributed by atoms with Gasteiger partial charge in [0.05, 0.1) is 11.1 Å². The molecule has 1 atom stereocenters. The first kappa shape index (κ1) is 30.1. The van der Waals surface area contributed by atoms with E-state index in [1.165, 1.54) is 38.5 Å². The Balaban J connectivity index is 0.000000144. The number of nitrogens with one attached hydrogen (secondary N) is 4. The smallest absolute Gasteiger partial charge is 0.268 e. The van der Waals surface area contributed by atoms with Crippen LogP contribution in [0.5, 0.6) is 0 Å². The highest BCUT2D eigenvalue weighted by Gasteiger charge is 2.43. The zero-order valence-corrected chi connectivity index (χ0v) is 27.0. The van der Waals surface area contributed by atoms with Crippen molar-refractivity contribution < 1.29 is 14.4 Å². The van der Waals surface area contributed by atoms with Gasteiger partial charge in [-0.1, -0.05) is 38.5 Å². The number of nitrogens with zero attached hydrogens (tertiary/aromatic N) is 6. The Kier molecular flexibility index (Phi) is 7.53.